The first kappa shape index (κ1) is 11.2. The molecule has 0 aliphatic heterocycles. The molecular weight excluding hydrogens is 203 g/mol. The molecule has 1 unspecified atom stereocenters. The largest absolute Gasteiger partial charge is 0.441 e. The van der Waals surface area contributed by atoms with Crippen molar-refractivity contribution in [3.63, 3.8) is 0 Å². The van der Waals surface area contributed by atoms with Crippen molar-refractivity contribution in [1.82, 2.24) is 4.72 Å². The van der Waals surface area contributed by atoms with Gasteiger partial charge in [0.25, 0.3) is 0 Å². The van der Waals surface area contributed by atoms with Crippen molar-refractivity contribution in [2.24, 2.45) is 0 Å². The van der Waals surface area contributed by atoms with Crippen LogP contribution in [-0.4, -0.2) is 26.6 Å². The Labute approximate surface area is 68.2 Å². The normalized spacial score (nSPS) is 14.9. The van der Waals surface area contributed by atoms with Gasteiger partial charge in [0, 0.05) is 12.3 Å². The summed E-state index contributed by atoms with van der Waals surface area (Å²) in [6.07, 6.45) is 0. The minimum Gasteiger partial charge on any atom is -0.294 e. The van der Waals surface area contributed by atoms with Crippen molar-refractivity contribution < 1.29 is 21.9 Å². The Kier molecular flexibility index (Phi) is 5.06. The molecule has 1 atom stereocenters. The van der Waals surface area contributed by atoms with Crippen LogP contribution in [0.5, 0.6) is 0 Å². The first-order chi connectivity index (χ1) is 4.92. The van der Waals surface area contributed by atoms with Crippen molar-refractivity contribution >= 4 is 23.0 Å². The lowest BCUT2D eigenvalue weighted by atomic mass is 10.8. The smallest absolute Gasteiger partial charge is 0.294 e. The van der Waals surface area contributed by atoms with E-state index >= 15 is 0 Å². The molecule has 0 bridgehead atoms. The highest BCUT2D eigenvalue weighted by Gasteiger charge is 2.27. The molecule has 0 fully saturated rings. The molecule has 8 heteroatoms. The third kappa shape index (κ3) is 10.2. The molecule has 0 saturated carbocycles. The molecule has 0 heterocycles. The Hall–Kier alpha value is 0.210. The molecule has 0 saturated heterocycles. The molecule has 3 nitrogen and oxygen atoms in total. The van der Waals surface area contributed by atoms with Crippen molar-refractivity contribution in [3.05, 3.63) is 0 Å². The van der Waals surface area contributed by atoms with Crippen LogP contribution in [0, 0.1) is 0 Å². The molecule has 2 N–H and O–H groups in total. The predicted molar refractivity (Wildman–Crippen MR) is 37.3 cm³/mol. The van der Waals surface area contributed by atoms with Crippen molar-refractivity contribution in [1.29, 1.82) is 0 Å². The highest BCUT2D eigenvalue weighted by Crippen LogP contribution is 2.29. The lowest BCUT2D eigenvalue weighted by Crippen LogP contribution is -2.20. The molecule has 0 aliphatic rings. The number of hydrogen-bond acceptors (Lipinski definition) is 2. The number of alkyl halides is 3. The zero-order valence-electron chi connectivity index (χ0n) is 5.22. The fourth-order valence-corrected chi connectivity index (χ4v) is 1.14. The molecule has 0 amide bonds. The van der Waals surface area contributed by atoms with E-state index in [-0.39, 0.29) is 24.1 Å². The zero-order chi connectivity index (χ0) is 8.91. The minimum atomic E-state index is -4.27. The Morgan fingerprint density at radius 3 is 2.45 bits per heavy atom. The third-order valence-corrected chi connectivity index (χ3v) is 1.78. The van der Waals surface area contributed by atoms with Gasteiger partial charge in [-0.15, -0.1) is 0 Å². The molecule has 11 heavy (non-hydrogen) atoms. The van der Waals surface area contributed by atoms with E-state index in [0.29, 0.717) is 0 Å². The van der Waals surface area contributed by atoms with E-state index in [4.69, 9.17) is 4.55 Å². The Morgan fingerprint density at radius 1 is 1.55 bits per heavy atom. The molecule has 0 aliphatic carbocycles. The van der Waals surface area contributed by atoms with Gasteiger partial charge in [-0.25, -0.2) is 8.93 Å². The van der Waals surface area contributed by atoms with Crippen LogP contribution < -0.4 is 4.72 Å². The summed E-state index contributed by atoms with van der Waals surface area (Å²) in [5.41, 5.74) is -4.27. The lowest BCUT2D eigenvalue weighted by molar-refractivity contribution is -0.0327. The van der Waals surface area contributed by atoms with Gasteiger partial charge in [0.05, 0.1) is 0 Å². The van der Waals surface area contributed by atoms with E-state index in [2.05, 4.69) is 0 Å². The molecule has 0 aromatic rings. The Morgan fingerprint density at radius 2 is 2.09 bits per heavy atom. The van der Waals surface area contributed by atoms with Crippen LogP contribution in [0.4, 0.5) is 13.2 Å². The number of rotatable bonds is 4. The maximum absolute atomic E-state index is 11.4. The fraction of sp³-hybridized carbons (Fsp3) is 1.00. The first-order valence-electron chi connectivity index (χ1n) is 2.47. The van der Waals surface area contributed by atoms with Gasteiger partial charge in [-0.3, -0.25) is 4.55 Å². The summed E-state index contributed by atoms with van der Waals surface area (Å²) < 4.78 is 53.9. The van der Waals surface area contributed by atoms with Crippen LogP contribution in [0.2, 0.25) is 0 Å². The standard InChI is InChI=1S/C3H6F3NO2S2/c4-3(5,6)10-2-1-7-11(8)9/h7H,1-2H2,(H,8,9). The van der Waals surface area contributed by atoms with E-state index in [1.54, 1.807) is 0 Å². The van der Waals surface area contributed by atoms with Crippen LogP contribution in [0.15, 0.2) is 0 Å². The number of hydrogen-bond donors (Lipinski definition) is 2. The van der Waals surface area contributed by atoms with Crippen molar-refractivity contribution in [3.8, 4) is 0 Å². The van der Waals surface area contributed by atoms with Gasteiger partial charge in [-0.1, -0.05) is 0 Å². The topological polar surface area (TPSA) is 49.3 Å². The molecular formula is C3H6F3NO2S2. The summed E-state index contributed by atoms with van der Waals surface area (Å²) in [5, 5.41) is 0. The first-order valence-corrected chi connectivity index (χ1v) is 4.56. The SMILES string of the molecule is O=S(O)NCCSC(F)(F)F. The van der Waals surface area contributed by atoms with E-state index in [0.717, 1.165) is 0 Å². The van der Waals surface area contributed by atoms with Gasteiger partial charge < -0.3 is 0 Å². The molecule has 0 spiro atoms. The van der Waals surface area contributed by atoms with Gasteiger partial charge in [0.1, 0.15) is 0 Å². The second-order valence-corrected chi connectivity index (χ2v) is 3.38. The zero-order valence-corrected chi connectivity index (χ0v) is 6.85. The summed E-state index contributed by atoms with van der Waals surface area (Å²) in [4.78, 5) is 0. The van der Waals surface area contributed by atoms with Crippen LogP contribution in [0.3, 0.4) is 0 Å². The number of thioether (sulfide) groups is 1. The highest BCUT2D eigenvalue weighted by molar-refractivity contribution is 8.00. The summed E-state index contributed by atoms with van der Waals surface area (Å²) >= 11 is -2.46. The Bertz CT molecular complexity index is 139. The third-order valence-electron chi connectivity index (χ3n) is 0.593. The second-order valence-electron chi connectivity index (χ2n) is 1.44. The van der Waals surface area contributed by atoms with Crippen molar-refractivity contribution in [2.45, 2.75) is 5.51 Å². The number of nitrogens with one attached hydrogen (secondary N) is 1. The Balaban J connectivity index is 3.22. The molecule has 0 rings (SSSR count). The predicted octanol–water partition coefficient (Wildman–Crippen LogP) is 0.966. The van der Waals surface area contributed by atoms with Gasteiger partial charge in [0.2, 0.25) is 11.3 Å². The van der Waals surface area contributed by atoms with E-state index in [9.17, 15) is 17.4 Å². The van der Waals surface area contributed by atoms with Gasteiger partial charge >= 0.3 is 5.51 Å². The maximum Gasteiger partial charge on any atom is 0.441 e. The quantitative estimate of drug-likeness (QED) is 0.535. The number of halogens is 3. The monoisotopic (exact) mass is 209 g/mol. The highest BCUT2D eigenvalue weighted by atomic mass is 32.2. The van der Waals surface area contributed by atoms with Crippen LogP contribution in [0.1, 0.15) is 0 Å². The average Bonchev–Trinajstić information content (AvgIpc) is 1.78. The second kappa shape index (κ2) is 4.96. The van der Waals surface area contributed by atoms with Crippen LogP contribution in [-0.2, 0) is 11.3 Å². The van der Waals surface area contributed by atoms with Crippen molar-refractivity contribution in [2.75, 3.05) is 12.3 Å². The molecule has 0 radical (unpaired) electrons. The average molecular weight is 209 g/mol. The summed E-state index contributed by atoms with van der Waals surface area (Å²) in [5.74, 6) is -0.268. The summed E-state index contributed by atoms with van der Waals surface area (Å²) in [6, 6.07) is 0. The maximum atomic E-state index is 11.4. The summed E-state index contributed by atoms with van der Waals surface area (Å²) in [6.45, 7) is -0.146. The van der Waals surface area contributed by atoms with Gasteiger partial charge in [-0.2, -0.15) is 13.2 Å². The molecule has 0 aromatic carbocycles. The van der Waals surface area contributed by atoms with E-state index in [1.165, 1.54) is 0 Å². The van der Waals surface area contributed by atoms with E-state index in [1.807, 2.05) is 4.72 Å². The molecule has 68 valence electrons. The minimum absolute atomic E-state index is 0.146. The van der Waals surface area contributed by atoms with Gasteiger partial charge in [0.15, 0.2) is 0 Å². The van der Waals surface area contributed by atoms with Crippen LogP contribution >= 0.6 is 11.8 Å². The summed E-state index contributed by atoms with van der Waals surface area (Å²) in [7, 11) is 0. The fourth-order valence-electron chi connectivity index (χ4n) is 0.296. The van der Waals surface area contributed by atoms with Crippen LogP contribution in [0.25, 0.3) is 0 Å². The molecule has 0 aromatic heterocycles. The van der Waals surface area contributed by atoms with E-state index < -0.39 is 16.8 Å². The van der Waals surface area contributed by atoms with Gasteiger partial charge in [-0.05, 0) is 11.8 Å². The lowest BCUT2D eigenvalue weighted by Gasteiger charge is -2.03.